The summed E-state index contributed by atoms with van der Waals surface area (Å²) >= 11 is 0. The summed E-state index contributed by atoms with van der Waals surface area (Å²) in [6, 6.07) is 25.4. The molecule has 0 radical (unpaired) electrons. The van der Waals surface area contributed by atoms with E-state index in [1.165, 1.54) is 5.56 Å². The first kappa shape index (κ1) is 18.5. The van der Waals surface area contributed by atoms with Crippen LogP contribution in [0.3, 0.4) is 0 Å². The van der Waals surface area contributed by atoms with Gasteiger partial charge in [-0.25, -0.2) is 0 Å². The van der Waals surface area contributed by atoms with Crippen LogP contribution in [0.25, 0.3) is 0 Å². The van der Waals surface area contributed by atoms with E-state index in [9.17, 15) is 4.79 Å². The van der Waals surface area contributed by atoms with Crippen LogP contribution in [0.2, 0.25) is 0 Å². The molecule has 3 aromatic rings. The molecule has 0 bridgehead atoms. The first-order valence-electron chi connectivity index (χ1n) is 8.99. The molecule has 3 rings (SSSR count). The van der Waals surface area contributed by atoms with Crippen LogP contribution in [-0.2, 0) is 11.2 Å². The Kier molecular flexibility index (Phi) is 6.10. The number of methoxy groups -OCH3 is 1. The summed E-state index contributed by atoms with van der Waals surface area (Å²) < 4.78 is 5.29. The molecular weight excluding hydrogens is 336 g/mol. The first-order chi connectivity index (χ1) is 13.2. The van der Waals surface area contributed by atoms with Gasteiger partial charge in [-0.3, -0.25) is 4.79 Å². The van der Waals surface area contributed by atoms with E-state index in [4.69, 9.17) is 4.74 Å². The van der Waals surface area contributed by atoms with Crippen LogP contribution >= 0.6 is 0 Å². The fraction of sp³-hybridized carbons (Fsp3) is 0.174. The van der Waals surface area contributed by atoms with Gasteiger partial charge in [0.1, 0.15) is 11.8 Å². The van der Waals surface area contributed by atoms with Crippen molar-refractivity contribution in [3.8, 4) is 5.75 Å². The number of amides is 1. The van der Waals surface area contributed by atoms with Gasteiger partial charge in [-0.15, -0.1) is 0 Å². The summed E-state index contributed by atoms with van der Waals surface area (Å²) in [5.74, 6) is 0.525. The zero-order valence-electron chi connectivity index (χ0n) is 15.6. The Hall–Kier alpha value is -3.27. The molecule has 2 N–H and O–H groups in total. The van der Waals surface area contributed by atoms with Crippen LogP contribution in [0.15, 0.2) is 78.9 Å². The van der Waals surface area contributed by atoms with Crippen LogP contribution in [-0.4, -0.2) is 19.1 Å². The second-order valence-electron chi connectivity index (χ2n) is 6.38. The molecule has 0 saturated heterocycles. The summed E-state index contributed by atoms with van der Waals surface area (Å²) in [5.41, 5.74) is 4.01. The third kappa shape index (κ3) is 4.88. The SMILES string of the molecule is COc1ccccc1NC(=O)[C@@H](C)Nc1ccccc1Cc1ccccc1. The Morgan fingerprint density at radius 3 is 2.26 bits per heavy atom. The number of benzene rings is 3. The number of rotatable bonds is 7. The minimum atomic E-state index is -0.396. The summed E-state index contributed by atoms with van der Waals surface area (Å²) in [6.45, 7) is 1.85. The van der Waals surface area contributed by atoms with Crippen molar-refractivity contribution in [2.45, 2.75) is 19.4 Å². The molecule has 0 unspecified atom stereocenters. The molecule has 4 heteroatoms. The lowest BCUT2D eigenvalue weighted by Crippen LogP contribution is -2.32. The molecule has 0 fully saturated rings. The van der Waals surface area contributed by atoms with Gasteiger partial charge in [-0.05, 0) is 42.7 Å². The molecule has 27 heavy (non-hydrogen) atoms. The summed E-state index contributed by atoms with van der Waals surface area (Å²) in [4.78, 5) is 12.6. The zero-order chi connectivity index (χ0) is 19.1. The number of carbonyl (C=O) groups excluding carboxylic acids is 1. The van der Waals surface area contributed by atoms with E-state index in [0.717, 1.165) is 17.7 Å². The van der Waals surface area contributed by atoms with Gasteiger partial charge in [0, 0.05) is 5.69 Å². The van der Waals surface area contributed by atoms with Crippen LogP contribution < -0.4 is 15.4 Å². The highest BCUT2D eigenvalue weighted by atomic mass is 16.5. The van der Waals surface area contributed by atoms with Gasteiger partial charge in [0.2, 0.25) is 5.91 Å². The summed E-state index contributed by atoms with van der Waals surface area (Å²) in [5, 5.41) is 6.26. The Balaban J connectivity index is 1.70. The average molecular weight is 360 g/mol. The van der Waals surface area contributed by atoms with E-state index in [-0.39, 0.29) is 5.91 Å². The van der Waals surface area contributed by atoms with E-state index >= 15 is 0 Å². The van der Waals surface area contributed by atoms with Gasteiger partial charge < -0.3 is 15.4 Å². The van der Waals surface area contributed by atoms with Gasteiger partial charge in [0.15, 0.2) is 0 Å². The van der Waals surface area contributed by atoms with E-state index in [0.29, 0.717) is 11.4 Å². The topological polar surface area (TPSA) is 50.4 Å². The molecule has 3 aromatic carbocycles. The van der Waals surface area contributed by atoms with Crippen molar-refractivity contribution in [3.05, 3.63) is 90.0 Å². The highest BCUT2D eigenvalue weighted by molar-refractivity contribution is 5.97. The molecule has 1 atom stereocenters. The van der Waals surface area contributed by atoms with Crippen molar-refractivity contribution in [3.63, 3.8) is 0 Å². The number of nitrogens with one attached hydrogen (secondary N) is 2. The van der Waals surface area contributed by atoms with Crippen LogP contribution in [0.1, 0.15) is 18.1 Å². The monoisotopic (exact) mass is 360 g/mol. The number of ether oxygens (including phenoxy) is 1. The normalized spacial score (nSPS) is 11.5. The number of anilines is 2. The third-order valence-corrected chi connectivity index (χ3v) is 4.38. The Labute approximate surface area is 160 Å². The average Bonchev–Trinajstić information content (AvgIpc) is 2.70. The number of para-hydroxylation sites is 3. The maximum atomic E-state index is 12.6. The fourth-order valence-corrected chi connectivity index (χ4v) is 2.92. The van der Waals surface area contributed by atoms with Gasteiger partial charge >= 0.3 is 0 Å². The fourth-order valence-electron chi connectivity index (χ4n) is 2.92. The van der Waals surface area contributed by atoms with Gasteiger partial charge in [-0.1, -0.05) is 60.7 Å². The number of hydrogen-bond acceptors (Lipinski definition) is 3. The predicted molar refractivity (Wildman–Crippen MR) is 110 cm³/mol. The molecule has 0 heterocycles. The van der Waals surface area contributed by atoms with Crippen LogP contribution in [0, 0.1) is 0 Å². The standard InChI is InChI=1S/C23H24N2O2/c1-17(23(26)25-21-14-8-9-15-22(21)27-2)24-20-13-7-6-12-19(20)16-18-10-4-3-5-11-18/h3-15,17,24H,16H2,1-2H3,(H,25,26)/t17-/m1/s1. The lowest BCUT2D eigenvalue weighted by Gasteiger charge is -2.19. The smallest absolute Gasteiger partial charge is 0.246 e. The van der Waals surface area contributed by atoms with Gasteiger partial charge in [0.05, 0.1) is 12.8 Å². The van der Waals surface area contributed by atoms with Crippen molar-refractivity contribution in [2.24, 2.45) is 0 Å². The van der Waals surface area contributed by atoms with E-state index in [1.54, 1.807) is 7.11 Å². The Morgan fingerprint density at radius 1 is 0.889 bits per heavy atom. The highest BCUT2D eigenvalue weighted by Gasteiger charge is 2.16. The Morgan fingerprint density at radius 2 is 1.52 bits per heavy atom. The molecule has 0 aromatic heterocycles. The minimum Gasteiger partial charge on any atom is -0.495 e. The van der Waals surface area contributed by atoms with Crippen LogP contribution in [0.5, 0.6) is 5.75 Å². The highest BCUT2D eigenvalue weighted by Crippen LogP contribution is 2.24. The number of carbonyl (C=O) groups is 1. The van der Waals surface area contributed by atoms with Gasteiger partial charge in [0.25, 0.3) is 0 Å². The van der Waals surface area contributed by atoms with E-state index < -0.39 is 6.04 Å². The predicted octanol–water partition coefficient (Wildman–Crippen LogP) is 4.73. The lowest BCUT2D eigenvalue weighted by atomic mass is 10.0. The largest absolute Gasteiger partial charge is 0.495 e. The summed E-state index contributed by atoms with van der Waals surface area (Å²) in [6.07, 6.45) is 0.810. The first-order valence-corrected chi connectivity index (χ1v) is 8.99. The molecule has 1 amide bonds. The number of hydrogen-bond donors (Lipinski definition) is 2. The van der Waals surface area contributed by atoms with Crippen molar-refractivity contribution < 1.29 is 9.53 Å². The van der Waals surface area contributed by atoms with Crippen molar-refractivity contribution in [1.29, 1.82) is 0 Å². The molecule has 0 aliphatic heterocycles. The quantitative estimate of drug-likeness (QED) is 0.641. The molecule has 138 valence electrons. The van der Waals surface area contributed by atoms with E-state index in [2.05, 4.69) is 28.8 Å². The minimum absolute atomic E-state index is 0.117. The van der Waals surface area contributed by atoms with Crippen molar-refractivity contribution in [1.82, 2.24) is 0 Å². The maximum absolute atomic E-state index is 12.6. The zero-order valence-corrected chi connectivity index (χ0v) is 15.6. The molecule has 0 spiro atoms. The molecule has 0 aliphatic rings. The maximum Gasteiger partial charge on any atom is 0.246 e. The molecular formula is C23H24N2O2. The second-order valence-corrected chi connectivity index (χ2v) is 6.38. The molecule has 0 saturated carbocycles. The van der Waals surface area contributed by atoms with Crippen LogP contribution in [0.4, 0.5) is 11.4 Å². The Bertz CT molecular complexity index is 894. The molecule has 4 nitrogen and oxygen atoms in total. The van der Waals surface area contributed by atoms with Crippen molar-refractivity contribution >= 4 is 17.3 Å². The summed E-state index contributed by atoms with van der Waals surface area (Å²) in [7, 11) is 1.59. The lowest BCUT2D eigenvalue weighted by molar-refractivity contribution is -0.116. The van der Waals surface area contributed by atoms with E-state index in [1.807, 2.05) is 67.6 Å². The second kappa shape index (κ2) is 8.90. The van der Waals surface area contributed by atoms with Gasteiger partial charge in [-0.2, -0.15) is 0 Å². The molecule has 0 aliphatic carbocycles. The third-order valence-electron chi connectivity index (χ3n) is 4.38. The van der Waals surface area contributed by atoms with Crippen molar-refractivity contribution in [2.75, 3.05) is 17.7 Å².